The molecule has 5 rings (SSSR count). The summed E-state index contributed by atoms with van der Waals surface area (Å²) in [5, 5.41) is 3.16. The normalized spacial score (nSPS) is 40.4. The Kier molecular flexibility index (Phi) is 5.46. The Bertz CT molecular complexity index is 911. The summed E-state index contributed by atoms with van der Waals surface area (Å²) in [4.78, 5) is 27.1. The second-order valence-electron chi connectivity index (χ2n) is 11.4. The lowest BCUT2D eigenvalue weighted by Gasteiger charge is -2.60. The molecule has 3 aliphatic carbocycles. The van der Waals surface area contributed by atoms with E-state index in [0.29, 0.717) is 36.8 Å². The van der Waals surface area contributed by atoms with Gasteiger partial charge in [-0.25, -0.2) is 0 Å². The number of amides is 2. The summed E-state index contributed by atoms with van der Waals surface area (Å²) in [7, 11) is 1.99. The maximum atomic E-state index is 12.8. The van der Waals surface area contributed by atoms with E-state index < -0.39 is 0 Å². The molecule has 7 atom stereocenters. The van der Waals surface area contributed by atoms with Crippen molar-refractivity contribution in [3.05, 3.63) is 48.0 Å². The Morgan fingerprint density at radius 2 is 1.84 bits per heavy atom. The van der Waals surface area contributed by atoms with Crippen LogP contribution < -0.4 is 5.32 Å². The van der Waals surface area contributed by atoms with Crippen LogP contribution >= 0.6 is 0 Å². The molecule has 2 amide bonds. The second kappa shape index (κ2) is 8.04. The maximum Gasteiger partial charge on any atom is 0.246 e. The number of nitrogens with one attached hydrogen (secondary N) is 1. The number of benzene rings is 1. The summed E-state index contributed by atoms with van der Waals surface area (Å²) < 4.78 is 0. The third-order valence-electron chi connectivity index (χ3n) is 10.1. The van der Waals surface area contributed by atoms with E-state index in [1.807, 2.05) is 36.2 Å². The molecule has 4 aliphatic rings. The van der Waals surface area contributed by atoms with Gasteiger partial charge in [0, 0.05) is 31.5 Å². The number of carbonyl (C=O) groups is 2. The van der Waals surface area contributed by atoms with Crippen molar-refractivity contribution < 1.29 is 9.59 Å². The Balaban J connectivity index is 1.27. The van der Waals surface area contributed by atoms with Crippen LogP contribution in [0.2, 0.25) is 0 Å². The number of rotatable bonds is 4. The first-order valence-corrected chi connectivity index (χ1v) is 12.6. The Labute approximate surface area is 192 Å². The molecule has 1 heterocycles. The van der Waals surface area contributed by atoms with E-state index in [0.717, 1.165) is 17.9 Å². The minimum absolute atomic E-state index is 0.0953. The van der Waals surface area contributed by atoms with Gasteiger partial charge in [0.05, 0.1) is 0 Å². The Morgan fingerprint density at radius 3 is 2.62 bits per heavy atom. The van der Waals surface area contributed by atoms with Crippen molar-refractivity contribution in [2.24, 2.45) is 34.5 Å². The van der Waals surface area contributed by atoms with Crippen LogP contribution in [0, 0.1) is 34.5 Å². The number of hydrogen-bond donors (Lipinski definition) is 1. The van der Waals surface area contributed by atoms with Gasteiger partial charge in [0.25, 0.3) is 0 Å². The summed E-state index contributed by atoms with van der Waals surface area (Å²) in [6.07, 6.45) is 11.9. The van der Waals surface area contributed by atoms with E-state index in [1.165, 1.54) is 32.1 Å². The molecule has 32 heavy (non-hydrogen) atoms. The highest BCUT2D eigenvalue weighted by Crippen LogP contribution is 2.65. The minimum Gasteiger partial charge on any atom is -0.352 e. The van der Waals surface area contributed by atoms with Gasteiger partial charge in [-0.3, -0.25) is 9.59 Å². The lowest BCUT2D eigenvalue weighted by molar-refractivity contribution is -0.139. The Morgan fingerprint density at radius 1 is 1.06 bits per heavy atom. The van der Waals surface area contributed by atoms with Crippen LogP contribution in [0.5, 0.6) is 0 Å². The van der Waals surface area contributed by atoms with Crippen LogP contribution in [-0.4, -0.2) is 29.8 Å². The summed E-state index contributed by atoms with van der Waals surface area (Å²) in [5.41, 5.74) is 1.53. The molecule has 172 valence electrons. The molecule has 0 bridgehead atoms. The summed E-state index contributed by atoms with van der Waals surface area (Å²) in [5.74, 6) is 2.93. The maximum absolute atomic E-state index is 12.8. The largest absolute Gasteiger partial charge is 0.352 e. The molecular weight excluding hydrogens is 396 g/mol. The lowest BCUT2D eigenvalue weighted by atomic mass is 9.47. The molecule has 3 fully saturated rings. The standard InChI is InChI=1S/C28H38N2O2/c1-27-15-13-23-21(10-12-24-28(23,2)16-14-26(32)30(24)3)22(27)11-9-20(27)17-25(31)29-18-19-7-5-4-6-8-19/h4-8,14,16,20-24H,9-13,15,17-18H2,1-3H3,(H,29,31)/t20-,21+,22+,23+,24-,27-,28-/m1/s1. The molecule has 0 spiro atoms. The van der Waals surface area contributed by atoms with Crippen molar-refractivity contribution in [2.45, 2.75) is 71.4 Å². The molecular formula is C28H38N2O2. The van der Waals surface area contributed by atoms with Crippen LogP contribution in [0.25, 0.3) is 0 Å². The molecule has 0 aromatic heterocycles. The Hall–Kier alpha value is -2.10. The molecule has 4 nitrogen and oxygen atoms in total. The first-order chi connectivity index (χ1) is 15.3. The first kappa shape index (κ1) is 21.7. The van der Waals surface area contributed by atoms with E-state index in [4.69, 9.17) is 0 Å². The van der Waals surface area contributed by atoms with Gasteiger partial charge in [0.15, 0.2) is 0 Å². The third kappa shape index (κ3) is 3.41. The lowest BCUT2D eigenvalue weighted by Crippen LogP contribution is -2.59. The van der Waals surface area contributed by atoms with Gasteiger partial charge < -0.3 is 10.2 Å². The van der Waals surface area contributed by atoms with Gasteiger partial charge in [-0.15, -0.1) is 0 Å². The van der Waals surface area contributed by atoms with Crippen molar-refractivity contribution in [1.29, 1.82) is 0 Å². The highest BCUT2D eigenvalue weighted by Gasteiger charge is 2.60. The quantitative estimate of drug-likeness (QED) is 0.729. The summed E-state index contributed by atoms with van der Waals surface area (Å²) >= 11 is 0. The topological polar surface area (TPSA) is 49.4 Å². The van der Waals surface area contributed by atoms with E-state index >= 15 is 0 Å². The first-order valence-electron chi connectivity index (χ1n) is 12.6. The molecule has 0 unspecified atom stereocenters. The van der Waals surface area contributed by atoms with Crippen molar-refractivity contribution in [3.8, 4) is 0 Å². The molecule has 0 saturated heterocycles. The van der Waals surface area contributed by atoms with Gasteiger partial charge in [0.2, 0.25) is 11.8 Å². The zero-order valence-corrected chi connectivity index (χ0v) is 19.8. The van der Waals surface area contributed by atoms with E-state index in [1.54, 1.807) is 0 Å². The van der Waals surface area contributed by atoms with E-state index in [2.05, 4.69) is 37.4 Å². The SMILES string of the molecule is CN1C(=O)C=C[C@]2(C)[C@H]3CC[C@]4(C)[C@@H](CC(=O)NCc5ccccc5)CC[C@H]4[C@@H]3CC[C@@H]12. The number of carbonyl (C=O) groups excluding carboxylic acids is 2. The van der Waals surface area contributed by atoms with Crippen LogP contribution in [-0.2, 0) is 16.1 Å². The molecule has 3 saturated carbocycles. The van der Waals surface area contributed by atoms with Gasteiger partial charge in [-0.05, 0) is 79.3 Å². The molecule has 0 radical (unpaired) electrons. The van der Waals surface area contributed by atoms with Crippen LogP contribution in [0.1, 0.15) is 64.4 Å². The highest BCUT2D eigenvalue weighted by molar-refractivity contribution is 5.89. The van der Waals surface area contributed by atoms with Crippen LogP contribution in [0.15, 0.2) is 42.5 Å². The van der Waals surface area contributed by atoms with Crippen molar-refractivity contribution in [3.63, 3.8) is 0 Å². The molecule has 1 N–H and O–H groups in total. The average molecular weight is 435 g/mol. The number of fused-ring (bicyclic) bond motifs is 5. The minimum atomic E-state index is 0.0953. The van der Waals surface area contributed by atoms with Gasteiger partial charge >= 0.3 is 0 Å². The zero-order valence-electron chi connectivity index (χ0n) is 19.8. The van der Waals surface area contributed by atoms with Crippen molar-refractivity contribution in [1.82, 2.24) is 10.2 Å². The molecule has 1 aromatic rings. The number of likely N-dealkylation sites (N-methyl/N-ethyl adjacent to an activating group) is 1. The number of nitrogens with zero attached hydrogens (tertiary/aromatic N) is 1. The third-order valence-corrected chi connectivity index (χ3v) is 10.1. The molecule has 4 heteroatoms. The van der Waals surface area contributed by atoms with Crippen molar-refractivity contribution in [2.75, 3.05) is 7.05 Å². The predicted molar refractivity (Wildman–Crippen MR) is 126 cm³/mol. The van der Waals surface area contributed by atoms with Gasteiger partial charge in [0.1, 0.15) is 0 Å². The van der Waals surface area contributed by atoms with Crippen LogP contribution in [0.3, 0.4) is 0 Å². The fraction of sp³-hybridized carbons (Fsp3) is 0.643. The average Bonchev–Trinajstić information content (AvgIpc) is 3.12. The van der Waals surface area contributed by atoms with Gasteiger partial charge in [-0.1, -0.05) is 50.3 Å². The summed E-state index contributed by atoms with van der Waals surface area (Å²) in [6.45, 7) is 5.51. The van der Waals surface area contributed by atoms with Crippen molar-refractivity contribution >= 4 is 11.8 Å². The second-order valence-corrected chi connectivity index (χ2v) is 11.4. The fourth-order valence-corrected chi connectivity index (χ4v) is 8.27. The predicted octanol–water partition coefficient (Wildman–Crippen LogP) is 4.95. The highest BCUT2D eigenvalue weighted by atomic mass is 16.2. The monoisotopic (exact) mass is 434 g/mol. The fourth-order valence-electron chi connectivity index (χ4n) is 8.27. The summed E-state index contributed by atoms with van der Waals surface area (Å²) in [6, 6.07) is 10.5. The van der Waals surface area contributed by atoms with E-state index in [-0.39, 0.29) is 22.6 Å². The molecule has 1 aliphatic heterocycles. The smallest absolute Gasteiger partial charge is 0.246 e. The molecule has 1 aromatic carbocycles. The van der Waals surface area contributed by atoms with Crippen LogP contribution in [0.4, 0.5) is 0 Å². The zero-order chi connectivity index (χ0) is 22.5. The van der Waals surface area contributed by atoms with Gasteiger partial charge in [-0.2, -0.15) is 0 Å². The van der Waals surface area contributed by atoms with E-state index in [9.17, 15) is 9.59 Å². The number of hydrogen-bond acceptors (Lipinski definition) is 2.